The molecule has 0 fully saturated rings. The van der Waals surface area contributed by atoms with Crippen LogP contribution in [0, 0.1) is 10.1 Å². The van der Waals surface area contributed by atoms with Gasteiger partial charge in [-0.3, -0.25) is 14.7 Å². The number of nitrogens with zero attached hydrogens (tertiary/aromatic N) is 4. The fourth-order valence-electron chi connectivity index (χ4n) is 1.57. The topological polar surface area (TPSA) is 119 Å². The normalized spacial score (nSPS) is 10.3. The van der Waals surface area contributed by atoms with E-state index < -0.39 is 4.92 Å². The van der Waals surface area contributed by atoms with Crippen LogP contribution in [-0.2, 0) is 6.54 Å². The first-order valence-corrected chi connectivity index (χ1v) is 5.61. The molecule has 0 saturated carbocycles. The molecule has 19 heavy (non-hydrogen) atoms. The van der Waals surface area contributed by atoms with E-state index in [1.807, 2.05) is 0 Å². The Kier molecular flexibility index (Phi) is 3.86. The van der Waals surface area contributed by atoms with Crippen molar-refractivity contribution in [2.24, 2.45) is 0 Å². The molecule has 0 bridgehead atoms. The summed E-state index contributed by atoms with van der Waals surface area (Å²) in [7, 11) is 0. The zero-order chi connectivity index (χ0) is 13.7. The number of rotatable bonds is 6. The van der Waals surface area contributed by atoms with Crippen LogP contribution in [0.25, 0.3) is 0 Å². The zero-order valence-corrected chi connectivity index (χ0v) is 9.94. The van der Waals surface area contributed by atoms with Crippen LogP contribution >= 0.6 is 0 Å². The molecule has 0 saturated heterocycles. The highest BCUT2D eigenvalue weighted by Crippen LogP contribution is 2.19. The van der Waals surface area contributed by atoms with Crippen LogP contribution in [0.3, 0.4) is 0 Å². The third kappa shape index (κ3) is 3.15. The van der Waals surface area contributed by atoms with Crippen molar-refractivity contribution in [1.29, 1.82) is 0 Å². The van der Waals surface area contributed by atoms with Crippen LogP contribution in [0.5, 0.6) is 0 Å². The van der Waals surface area contributed by atoms with E-state index in [0.29, 0.717) is 19.5 Å². The van der Waals surface area contributed by atoms with Crippen LogP contribution in [0.15, 0.2) is 29.5 Å². The molecule has 0 aliphatic carbocycles. The minimum absolute atomic E-state index is 0.0667. The summed E-state index contributed by atoms with van der Waals surface area (Å²) in [5.74, 6) is 0.229. The molecule has 2 N–H and O–H groups in total. The number of aromatic nitrogens is 4. The minimum atomic E-state index is -0.490. The highest BCUT2D eigenvalue weighted by Gasteiger charge is 2.12. The molecule has 2 heterocycles. The number of pyridine rings is 1. The molecule has 0 amide bonds. The first-order valence-electron chi connectivity index (χ1n) is 5.61. The van der Waals surface area contributed by atoms with E-state index in [4.69, 9.17) is 0 Å². The molecule has 2 aromatic heterocycles. The maximum Gasteiger partial charge on any atom is 0.343 e. The molecule has 0 atom stereocenters. The van der Waals surface area contributed by atoms with E-state index >= 15 is 0 Å². The summed E-state index contributed by atoms with van der Waals surface area (Å²) in [5, 5.41) is 19.5. The highest BCUT2D eigenvalue weighted by molar-refractivity contribution is 5.54. The molecule has 2 aromatic rings. The predicted octanol–water partition coefficient (Wildman–Crippen LogP) is 0.377. The SMILES string of the molecule is O=c1[nH]ncn1CCCNc1ncccc1[N+](=O)[O-]. The van der Waals surface area contributed by atoms with E-state index in [2.05, 4.69) is 20.5 Å². The van der Waals surface area contributed by atoms with Gasteiger partial charge in [-0.05, 0) is 12.5 Å². The first kappa shape index (κ1) is 12.7. The monoisotopic (exact) mass is 264 g/mol. The molecule has 0 radical (unpaired) electrons. The fourth-order valence-corrected chi connectivity index (χ4v) is 1.57. The van der Waals surface area contributed by atoms with E-state index in [1.54, 1.807) is 0 Å². The Morgan fingerprint density at radius 2 is 2.37 bits per heavy atom. The van der Waals surface area contributed by atoms with Crippen LogP contribution in [0.4, 0.5) is 11.5 Å². The molecule has 2 rings (SSSR count). The molecule has 0 spiro atoms. The largest absolute Gasteiger partial charge is 0.364 e. The van der Waals surface area contributed by atoms with Gasteiger partial charge in [0.2, 0.25) is 5.82 Å². The lowest BCUT2D eigenvalue weighted by atomic mass is 10.3. The minimum Gasteiger partial charge on any atom is -0.364 e. The third-order valence-corrected chi connectivity index (χ3v) is 2.47. The molecule has 9 nitrogen and oxygen atoms in total. The van der Waals surface area contributed by atoms with E-state index in [9.17, 15) is 14.9 Å². The molecular formula is C10H12N6O3. The lowest BCUT2D eigenvalue weighted by Gasteiger charge is -2.05. The second-order valence-electron chi connectivity index (χ2n) is 3.76. The van der Waals surface area contributed by atoms with Gasteiger partial charge in [-0.15, -0.1) is 0 Å². The fraction of sp³-hybridized carbons (Fsp3) is 0.300. The van der Waals surface area contributed by atoms with Gasteiger partial charge in [0, 0.05) is 25.4 Å². The van der Waals surface area contributed by atoms with E-state index in [0.717, 1.165) is 0 Å². The van der Waals surface area contributed by atoms with Gasteiger partial charge in [0.15, 0.2) is 0 Å². The molecular weight excluding hydrogens is 252 g/mol. The highest BCUT2D eigenvalue weighted by atomic mass is 16.6. The summed E-state index contributed by atoms with van der Waals surface area (Å²) in [4.78, 5) is 25.3. The van der Waals surface area contributed by atoms with Crippen molar-refractivity contribution >= 4 is 11.5 Å². The van der Waals surface area contributed by atoms with Crippen LogP contribution in [-0.4, -0.2) is 31.2 Å². The van der Waals surface area contributed by atoms with E-state index in [-0.39, 0.29) is 17.2 Å². The molecule has 0 aliphatic rings. The summed E-state index contributed by atoms with van der Waals surface area (Å²) in [5.41, 5.74) is -0.341. The van der Waals surface area contributed by atoms with Crippen molar-refractivity contribution in [1.82, 2.24) is 19.7 Å². The van der Waals surface area contributed by atoms with Gasteiger partial charge >= 0.3 is 11.4 Å². The molecule has 0 aliphatic heterocycles. The second-order valence-corrected chi connectivity index (χ2v) is 3.76. The van der Waals surface area contributed by atoms with Gasteiger partial charge in [-0.1, -0.05) is 0 Å². The summed E-state index contributed by atoms with van der Waals surface area (Å²) in [6, 6.07) is 2.89. The Bertz CT molecular complexity index is 619. The van der Waals surface area contributed by atoms with Gasteiger partial charge < -0.3 is 5.32 Å². The maximum atomic E-state index is 11.1. The Hall–Kier alpha value is -2.71. The number of aromatic amines is 1. The van der Waals surface area contributed by atoms with Gasteiger partial charge in [-0.2, -0.15) is 5.10 Å². The maximum absolute atomic E-state index is 11.1. The van der Waals surface area contributed by atoms with Crippen molar-refractivity contribution in [2.75, 3.05) is 11.9 Å². The first-order chi connectivity index (χ1) is 9.18. The number of hydrogen-bond donors (Lipinski definition) is 2. The van der Waals surface area contributed by atoms with Crippen molar-refractivity contribution in [3.63, 3.8) is 0 Å². The number of anilines is 1. The summed E-state index contributed by atoms with van der Waals surface area (Å²) in [6.07, 6.45) is 3.51. The smallest absolute Gasteiger partial charge is 0.343 e. The molecule has 100 valence electrons. The van der Waals surface area contributed by atoms with Gasteiger partial charge in [-0.25, -0.2) is 14.9 Å². The second kappa shape index (κ2) is 5.76. The van der Waals surface area contributed by atoms with Crippen molar-refractivity contribution < 1.29 is 4.92 Å². The molecule has 9 heteroatoms. The van der Waals surface area contributed by atoms with Crippen molar-refractivity contribution in [3.05, 3.63) is 45.3 Å². The number of nitrogens with one attached hydrogen (secondary N) is 2. The average molecular weight is 264 g/mol. The molecule has 0 aromatic carbocycles. The van der Waals surface area contributed by atoms with Crippen LogP contribution in [0.1, 0.15) is 6.42 Å². The predicted molar refractivity (Wildman–Crippen MR) is 66.8 cm³/mol. The summed E-state index contributed by atoms with van der Waals surface area (Å²) in [6.45, 7) is 0.943. The Labute approximate surface area is 107 Å². The summed E-state index contributed by atoms with van der Waals surface area (Å²) >= 11 is 0. The van der Waals surface area contributed by atoms with Gasteiger partial charge in [0.25, 0.3) is 0 Å². The lowest BCUT2D eigenvalue weighted by Crippen LogP contribution is -2.18. The number of H-pyrrole nitrogens is 1. The quantitative estimate of drug-likeness (QED) is 0.442. The zero-order valence-electron chi connectivity index (χ0n) is 9.94. The lowest BCUT2D eigenvalue weighted by molar-refractivity contribution is -0.384. The summed E-state index contributed by atoms with van der Waals surface area (Å²) < 4.78 is 1.43. The molecule has 0 unspecified atom stereocenters. The number of aryl methyl sites for hydroxylation is 1. The van der Waals surface area contributed by atoms with Crippen LogP contribution in [0.2, 0.25) is 0 Å². The Morgan fingerprint density at radius 1 is 1.53 bits per heavy atom. The average Bonchev–Trinajstić information content (AvgIpc) is 2.80. The standard InChI is InChI=1S/C10H12N6O3/c17-10-14-13-7-15(10)6-2-5-12-9-8(16(18)19)3-1-4-11-9/h1,3-4,7H,2,5-6H2,(H,11,12)(H,14,17). The van der Waals surface area contributed by atoms with Gasteiger partial charge in [0.05, 0.1) is 4.92 Å². The van der Waals surface area contributed by atoms with E-state index in [1.165, 1.54) is 29.2 Å². The van der Waals surface area contributed by atoms with Crippen molar-refractivity contribution in [2.45, 2.75) is 13.0 Å². The van der Waals surface area contributed by atoms with Crippen LogP contribution < -0.4 is 11.0 Å². The number of hydrogen-bond acceptors (Lipinski definition) is 6. The van der Waals surface area contributed by atoms with Gasteiger partial charge in [0.1, 0.15) is 6.33 Å². The van der Waals surface area contributed by atoms with Crippen molar-refractivity contribution in [3.8, 4) is 0 Å². The number of nitro groups is 1. The third-order valence-electron chi connectivity index (χ3n) is 2.47. The Balaban J connectivity index is 1.88. The Morgan fingerprint density at radius 3 is 3.05 bits per heavy atom.